The first-order valence-electron chi connectivity index (χ1n) is 4.69. The normalized spacial score (nSPS) is 23.6. The molecule has 1 heterocycles. The molecule has 0 saturated carbocycles. The van der Waals surface area contributed by atoms with E-state index in [1.807, 2.05) is 0 Å². The van der Waals surface area contributed by atoms with Crippen molar-refractivity contribution in [3.8, 4) is 0 Å². The maximum atomic E-state index is 11.5. The highest BCUT2D eigenvalue weighted by molar-refractivity contribution is 7.90. The zero-order chi connectivity index (χ0) is 10.8. The summed E-state index contributed by atoms with van der Waals surface area (Å²) in [4.78, 5) is 10.8. The zero-order valence-corrected chi connectivity index (χ0v) is 9.23. The molecule has 82 valence electrons. The van der Waals surface area contributed by atoms with Gasteiger partial charge in [0.15, 0.2) is 0 Å². The minimum atomic E-state index is -3.22. The van der Waals surface area contributed by atoms with Crippen LogP contribution in [-0.4, -0.2) is 32.2 Å². The highest BCUT2D eigenvalue weighted by Gasteiger charge is 2.24. The second-order valence-corrected chi connectivity index (χ2v) is 6.02. The van der Waals surface area contributed by atoms with Crippen LogP contribution < -0.4 is 10.0 Å². The molecule has 0 radical (unpaired) electrons. The lowest BCUT2D eigenvalue weighted by Gasteiger charge is -2.24. The van der Waals surface area contributed by atoms with Crippen LogP contribution in [-0.2, 0) is 14.8 Å². The van der Waals surface area contributed by atoms with Crippen molar-refractivity contribution >= 4 is 15.9 Å². The van der Waals surface area contributed by atoms with E-state index in [0.717, 1.165) is 0 Å². The Morgan fingerprint density at radius 3 is 2.57 bits per heavy atom. The molecule has 1 atom stereocenters. The van der Waals surface area contributed by atoms with Crippen LogP contribution >= 0.6 is 0 Å². The number of carbonyl (C=O) groups is 1. The first kappa shape index (κ1) is 11.5. The molecule has 1 aliphatic rings. The molecule has 1 unspecified atom stereocenters. The molecule has 6 heteroatoms. The quantitative estimate of drug-likeness (QED) is 0.679. The standard InChI is InChI=1S/C8H16N2O3S/c1-6(2)14(12,13)10-7-3-4-8(11)9-5-7/h6-7,10H,3-5H2,1-2H3,(H,9,11). The third kappa shape index (κ3) is 2.95. The van der Waals surface area contributed by atoms with E-state index in [4.69, 9.17) is 0 Å². The molecule has 1 fully saturated rings. The minimum absolute atomic E-state index is 0.00926. The molecule has 5 nitrogen and oxygen atoms in total. The van der Waals surface area contributed by atoms with Gasteiger partial charge in [0.25, 0.3) is 0 Å². The van der Waals surface area contributed by atoms with E-state index >= 15 is 0 Å². The molecule has 0 bridgehead atoms. The van der Waals surface area contributed by atoms with E-state index in [9.17, 15) is 13.2 Å². The topological polar surface area (TPSA) is 75.3 Å². The molecular weight excluding hydrogens is 204 g/mol. The average Bonchev–Trinajstić information content (AvgIpc) is 2.08. The number of piperidine rings is 1. The fourth-order valence-electron chi connectivity index (χ4n) is 1.20. The van der Waals surface area contributed by atoms with E-state index in [1.54, 1.807) is 13.8 Å². The van der Waals surface area contributed by atoms with Crippen LogP contribution in [0.5, 0.6) is 0 Å². The molecule has 1 amide bonds. The lowest BCUT2D eigenvalue weighted by molar-refractivity contribution is -0.122. The summed E-state index contributed by atoms with van der Waals surface area (Å²) in [5, 5.41) is 2.20. The van der Waals surface area contributed by atoms with E-state index < -0.39 is 15.3 Å². The van der Waals surface area contributed by atoms with Gasteiger partial charge in [-0.3, -0.25) is 4.79 Å². The maximum absolute atomic E-state index is 11.5. The number of sulfonamides is 1. The van der Waals surface area contributed by atoms with Crippen molar-refractivity contribution in [2.24, 2.45) is 0 Å². The molecule has 0 aliphatic carbocycles. The minimum Gasteiger partial charge on any atom is -0.355 e. The van der Waals surface area contributed by atoms with Crippen molar-refractivity contribution in [1.29, 1.82) is 0 Å². The third-order valence-corrected chi connectivity index (χ3v) is 4.12. The van der Waals surface area contributed by atoms with Crippen molar-refractivity contribution in [3.63, 3.8) is 0 Å². The van der Waals surface area contributed by atoms with Crippen LogP contribution in [0.3, 0.4) is 0 Å². The van der Waals surface area contributed by atoms with Crippen LogP contribution in [0.15, 0.2) is 0 Å². The lowest BCUT2D eigenvalue weighted by atomic mass is 10.1. The van der Waals surface area contributed by atoms with Gasteiger partial charge < -0.3 is 5.32 Å². The van der Waals surface area contributed by atoms with E-state index in [-0.39, 0.29) is 11.9 Å². The summed E-state index contributed by atoms with van der Waals surface area (Å²) in [6.45, 7) is 3.65. The first-order chi connectivity index (χ1) is 6.42. The van der Waals surface area contributed by atoms with E-state index in [0.29, 0.717) is 19.4 Å². The second kappa shape index (κ2) is 4.27. The van der Waals surface area contributed by atoms with Crippen LogP contribution in [0.25, 0.3) is 0 Å². The van der Waals surface area contributed by atoms with Crippen molar-refractivity contribution < 1.29 is 13.2 Å². The van der Waals surface area contributed by atoms with Crippen molar-refractivity contribution in [1.82, 2.24) is 10.0 Å². The predicted molar refractivity (Wildman–Crippen MR) is 53.2 cm³/mol. The van der Waals surface area contributed by atoms with E-state index in [1.165, 1.54) is 0 Å². The highest BCUT2D eigenvalue weighted by Crippen LogP contribution is 2.06. The smallest absolute Gasteiger partial charge is 0.220 e. The second-order valence-electron chi connectivity index (χ2n) is 3.75. The van der Waals surface area contributed by atoms with Gasteiger partial charge in [0.2, 0.25) is 15.9 Å². The summed E-state index contributed by atoms with van der Waals surface area (Å²) in [5.41, 5.74) is 0. The molecule has 0 spiro atoms. The van der Waals surface area contributed by atoms with Crippen LogP contribution in [0.1, 0.15) is 26.7 Å². The average molecular weight is 220 g/mol. The Morgan fingerprint density at radius 1 is 1.50 bits per heavy atom. The summed E-state index contributed by atoms with van der Waals surface area (Å²) < 4.78 is 25.5. The highest BCUT2D eigenvalue weighted by atomic mass is 32.2. The first-order valence-corrected chi connectivity index (χ1v) is 6.24. The number of hydrogen-bond acceptors (Lipinski definition) is 3. The summed E-state index contributed by atoms with van der Waals surface area (Å²) in [7, 11) is -3.22. The number of rotatable bonds is 3. The van der Waals surface area contributed by atoms with Crippen LogP contribution in [0.2, 0.25) is 0 Å². The Labute approximate surface area is 84.3 Å². The summed E-state index contributed by atoms with van der Waals surface area (Å²) in [6, 6.07) is -0.153. The summed E-state index contributed by atoms with van der Waals surface area (Å²) in [6.07, 6.45) is 0.975. The molecule has 0 aromatic heterocycles. The van der Waals surface area contributed by atoms with Gasteiger partial charge in [0.05, 0.1) is 5.25 Å². The van der Waals surface area contributed by atoms with Crippen molar-refractivity contribution in [2.45, 2.75) is 38.0 Å². The van der Waals surface area contributed by atoms with Crippen molar-refractivity contribution in [3.05, 3.63) is 0 Å². The molecule has 1 rings (SSSR count). The van der Waals surface area contributed by atoms with Gasteiger partial charge in [-0.25, -0.2) is 13.1 Å². The predicted octanol–water partition coefficient (Wildman–Crippen LogP) is -0.407. The zero-order valence-electron chi connectivity index (χ0n) is 8.41. The largest absolute Gasteiger partial charge is 0.355 e. The van der Waals surface area contributed by atoms with Gasteiger partial charge in [-0.2, -0.15) is 0 Å². The number of nitrogens with one attached hydrogen (secondary N) is 2. The fraction of sp³-hybridized carbons (Fsp3) is 0.875. The van der Waals surface area contributed by atoms with Gasteiger partial charge in [-0.1, -0.05) is 0 Å². The van der Waals surface area contributed by atoms with Gasteiger partial charge in [0.1, 0.15) is 0 Å². The molecule has 2 N–H and O–H groups in total. The molecular formula is C8H16N2O3S. The number of amides is 1. The Hall–Kier alpha value is -0.620. The molecule has 1 aliphatic heterocycles. The van der Waals surface area contributed by atoms with Gasteiger partial charge >= 0.3 is 0 Å². The lowest BCUT2D eigenvalue weighted by Crippen LogP contribution is -2.49. The third-order valence-electron chi connectivity index (χ3n) is 2.22. The summed E-state index contributed by atoms with van der Waals surface area (Å²) in [5.74, 6) is -0.00926. The van der Waals surface area contributed by atoms with Crippen LogP contribution in [0.4, 0.5) is 0 Å². The Bertz CT molecular complexity index is 301. The Morgan fingerprint density at radius 2 is 2.14 bits per heavy atom. The van der Waals surface area contributed by atoms with Gasteiger partial charge in [-0.05, 0) is 20.3 Å². The molecule has 14 heavy (non-hydrogen) atoms. The van der Waals surface area contributed by atoms with E-state index in [2.05, 4.69) is 10.0 Å². The Balaban J connectivity index is 2.50. The maximum Gasteiger partial charge on any atom is 0.220 e. The van der Waals surface area contributed by atoms with Crippen molar-refractivity contribution in [2.75, 3.05) is 6.54 Å². The molecule has 0 aromatic rings. The summed E-state index contributed by atoms with van der Waals surface area (Å²) >= 11 is 0. The number of hydrogen-bond donors (Lipinski definition) is 2. The van der Waals surface area contributed by atoms with Crippen LogP contribution in [0, 0.1) is 0 Å². The molecule has 1 saturated heterocycles. The number of carbonyl (C=O) groups excluding carboxylic acids is 1. The monoisotopic (exact) mass is 220 g/mol. The SMILES string of the molecule is CC(C)S(=O)(=O)NC1CCC(=O)NC1. The fourth-order valence-corrected chi connectivity index (χ4v) is 2.14. The Kier molecular flexibility index (Phi) is 3.49. The van der Waals surface area contributed by atoms with Gasteiger partial charge in [-0.15, -0.1) is 0 Å². The molecule has 0 aromatic carbocycles. The van der Waals surface area contributed by atoms with Gasteiger partial charge in [0, 0.05) is 19.0 Å².